The van der Waals surface area contributed by atoms with Crippen LogP contribution in [0.5, 0.6) is 0 Å². The fourth-order valence-corrected chi connectivity index (χ4v) is 4.12. The van der Waals surface area contributed by atoms with Crippen molar-refractivity contribution in [3.05, 3.63) is 59.2 Å². The van der Waals surface area contributed by atoms with Gasteiger partial charge in [0.15, 0.2) is 11.0 Å². The van der Waals surface area contributed by atoms with E-state index in [-0.39, 0.29) is 23.1 Å². The number of hydrogen-bond acceptors (Lipinski definition) is 6. The molecule has 9 heteroatoms. The molecular weight excluding hydrogens is 389 g/mol. The zero-order valence-corrected chi connectivity index (χ0v) is 16.1. The van der Waals surface area contributed by atoms with Crippen LogP contribution < -0.4 is 5.73 Å². The largest absolute Gasteiger partial charge is 0.379 e. The van der Waals surface area contributed by atoms with E-state index >= 15 is 0 Å². The quantitative estimate of drug-likeness (QED) is 0.760. The molecule has 0 aliphatic carbocycles. The Balaban J connectivity index is 1.83. The number of carbonyl (C=O) groups is 1. The van der Waals surface area contributed by atoms with E-state index in [1.165, 1.54) is 11.8 Å². The Labute approximate surface area is 164 Å². The van der Waals surface area contributed by atoms with Gasteiger partial charge in [0.1, 0.15) is 23.1 Å². The lowest BCUT2D eigenvalue weighted by atomic mass is 9.85. The predicted octanol–water partition coefficient (Wildman–Crippen LogP) is 3.84. The Kier molecular flexibility index (Phi) is 5.74. The van der Waals surface area contributed by atoms with Crippen molar-refractivity contribution in [3.8, 4) is 0 Å². The third-order valence-corrected chi connectivity index (χ3v) is 5.60. The first-order valence-electron chi connectivity index (χ1n) is 8.59. The lowest BCUT2D eigenvalue weighted by Gasteiger charge is -2.37. The van der Waals surface area contributed by atoms with Gasteiger partial charge in [-0.25, -0.2) is 23.1 Å². The summed E-state index contributed by atoms with van der Waals surface area (Å²) in [7, 11) is 0. The minimum absolute atomic E-state index is 0.00524. The molecule has 148 valence electrons. The lowest BCUT2D eigenvalue weighted by molar-refractivity contribution is 0.0986. The highest BCUT2D eigenvalue weighted by Gasteiger charge is 2.43. The molecule has 0 fully saturated rings. The van der Waals surface area contributed by atoms with Crippen LogP contribution in [-0.4, -0.2) is 32.3 Å². The highest BCUT2D eigenvalue weighted by molar-refractivity contribution is 8.14. The van der Waals surface area contributed by atoms with Gasteiger partial charge in [-0.1, -0.05) is 36.0 Å². The summed E-state index contributed by atoms with van der Waals surface area (Å²) in [6.45, 7) is 3.43. The number of aliphatic imine (C=N–C) groups is 1. The van der Waals surface area contributed by atoms with E-state index in [4.69, 9.17) is 5.73 Å². The van der Waals surface area contributed by atoms with Crippen molar-refractivity contribution in [2.45, 2.75) is 43.7 Å². The second-order valence-corrected chi connectivity index (χ2v) is 8.15. The summed E-state index contributed by atoms with van der Waals surface area (Å²) >= 11 is 1.19. The molecule has 0 unspecified atom stereocenters. The van der Waals surface area contributed by atoms with Gasteiger partial charge in [0.25, 0.3) is 6.43 Å². The Morgan fingerprint density at radius 2 is 2.07 bits per heavy atom. The third kappa shape index (κ3) is 4.04. The van der Waals surface area contributed by atoms with Crippen LogP contribution in [0, 0.1) is 0 Å². The van der Waals surface area contributed by atoms with Gasteiger partial charge in [-0.15, -0.1) is 0 Å². The van der Waals surface area contributed by atoms with Crippen LogP contribution in [-0.2, 0) is 12.0 Å². The SMILES string of the molecule is C[C@H]1SC(N)=N[C@](C)(c2cccc(CC(=O)c3cnc(C(F)F)cn3)c2)[C@H]1F. The van der Waals surface area contributed by atoms with E-state index in [1.807, 2.05) is 0 Å². The normalized spacial score (nSPS) is 24.9. The zero-order valence-electron chi connectivity index (χ0n) is 15.3. The maximum absolute atomic E-state index is 14.9. The van der Waals surface area contributed by atoms with Gasteiger partial charge in [0.05, 0.1) is 12.4 Å². The summed E-state index contributed by atoms with van der Waals surface area (Å²) in [5.74, 6) is -0.372. The molecule has 1 aliphatic heterocycles. The van der Waals surface area contributed by atoms with E-state index in [0.717, 1.165) is 12.4 Å². The Bertz CT molecular complexity index is 906. The fraction of sp³-hybridized carbons (Fsp3) is 0.368. The number of Topliss-reactive ketones (excluding diaryl/α,β-unsaturated/α-hetero) is 1. The molecular formula is C19H19F3N4OS. The molecule has 5 nitrogen and oxygen atoms in total. The summed E-state index contributed by atoms with van der Waals surface area (Å²) in [5.41, 5.74) is 5.46. The second-order valence-electron chi connectivity index (χ2n) is 6.75. The van der Waals surface area contributed by atoms with Gasteiger partial charge >= 0.3 is 0 Å². The summed E-state index contributed by atoms with van der Waals surface area (Å²) in [4.78, 5) is 24.1. The molecule has 28 heavy (non-hydrogen) atoms. The Morgan fingerprint density at radius 1 is 1.32 bits per heavy atom. The van der Waals surface area contributed by atoms with Crippen molar-refractivity contribution in [1.29, 1.82) is 0 Å². The van der Waals surface area contributed by atoms with Crippen molar-refractivity contribution >= 4 is 22.7 Å². The van der Waals surface area contributed by atoms with Crippen LogP contribution in [0.15, 0.2) is 41.7 Å². The van der Waals surface area contributed by atoms with Gasteiger partial charge in [-0.05, 0) is 25.0 Å². The number of hydrogen-bond donors (Lipinski definition) is 1. The number of alkyl halides is 3. The Hall–Kier alpha value is -2.42. The first-order chi connectivity index (χ1) is 13.2. The molecule has 2 N–H and O–H groups in total. The van der Waals surface area contributed by atoms with E-state index in [0.29, 0.717) is 16.3 Å². The predicted molar refractivity (Wildman–Crippen MR) is 102 cm³/mol. The first-order valence-corrected chi connectivity index (χ1v) is 9.47. The number of amidine groups is 1. The highest BCUT2D eigenvalue weighted by atomic mass is 32.2. The molecule has 2 aromatic rings. The van der Waals surface area contributed by atoms with Crippen LogP contribution in [0.25, 0.3) is 0 Å². The number of nitrogens with two attached hydrogens (primary N) is 1. The molecule has 0 amide bonds. The summed E-state index contributed by atoms with van der Waals surface area (Å²) < 4.78 is 40.0. The molecule has 0 spiro atoms. The number of rotatable bonds is 5. The summed E-state index contributed by atoms with van der Waals surface area (Å²) in [6.07, 6.45) is -2.08. The Morgan fingerprint density at radius 3 is 2.71 bits per heavy atom. The molecule has 0 bridgehead atoms. The minimum atomic E-state index is -2.74. The summed E-state index contributed by atoms with van der Waals surface area (Å²) in [6, 6.07) is 6.91. The van der Waals surface area contributed by atoms with E-state index in [1.54, 1.807) is 38.1 Å². The van der Waals surface area contributed by atoms with Gasteiger partial charge in [-0.2, -0.15) is 0 Å². The maximum atomic E-state index is 14.9. The standard InChI is InChI=1S/C19H19F3N4OS/c1-10-16(20)19(2,26-18(23)28-10)12-5-3-4-11(6-12)7-15(27)13-8-25-14(9-24-13)17(21)22/h3-6,8-10,16-17H,7H2,1-2H3,(H2,23,26)/t10-,16+,19-/m1/s1. The topological polar surface area (TPSA) is 81.2 Å². The maximum Gasteiger partial charge on any atom is 0.281 e. The van der Waals surface area contributed by atoms with E-state index in [2.05, 4.69) is 15.0 Å². The number of thioether (sulfide) groups is 1. The number of ketones is 1. The van der Waals surface area contributed by atoms with Crippen LogP contribution >= 0.6 is 11.8 Å². The third-order valence-electron chi connectivity index (χ3n) is 4.66. The number of aromatic nitrogens is 2. The zero-order chi connectivity index (χ0) is 20.5. The molecule has 0 saturated carbocycles. The first kappa shape index (κ1) is 20.3. The monoisotopic (exact) mass is 408 g/mol. The minimum Gasteiger partial charge on any atom is -0.379 e. The molecule has 1 aromatic carbocycles. The average molecular weight is 408 g/mol. The highest BCUT2D eigenvalue weighted by Crippen LogP contribution is 2.41. The van der Waals surface area contributed by atoms with Crippen LogP contribution in [0.2, 0.25) is 0 Å². The molecule has 2 heterocycles. The van der Waals surface area contributed by atoms with E-state index < -0.39 is 23.8 Å². The average Bonchev–Trinajstić information content (AvgIpc) is 2.66. The van der Waals surface area contributed by atoms with E-state index in [9.17, 15) is 18.0 Å². The smallest absolute Gasteiger partial charge is 0.281 e. The van der Waals surface area contributed by atoms with Crippen LogP contribution in [0.1, 0.15) is 47.6 Å². The molecule has 0 radical (unpaired) electrons. The second kappa shape index (κ2) is 7.90. The van der Waals surface area contributed by atoms with Crippen LogP contribution in [0.3, 0.4) is 0 Å². The van der Waals surface area contributed by atoms with Crippen molar-refractivity contribution in [2.75, 3.05) is 0 Å². The number of nitrogens with zero attached hydrogens (tertiary/aromatic N) is 3. The fourth-order valence-electron chi connectivity index (χ4n) is 3.11. The van der Waals surface area contributed by atoms with Crippen molar-refractivity contribution < 1.29 is 18.0 Å². The van der Waals surface area contributed by atoms with Gasteiger partial charge in [0.2, 0.25) is 0 Å². The lowest BCUT2D eigenvalue weighted by Crippen LogP contribution is -2.43. The van der Waals surface area contributed by atoms with Gasteiger partial charge in [0, 0.05) is 11.7 Å². The van der Waals surface area contributed by atoms with Crippen LogP contribution in [0.4, 0.5) is 13.2 Å². The van der Waals surface area contributed by atoms with Crippen molar-refractivity contribution in [1.82, 2.24) is 9.97 Å². The molecule has 3 atom stereocenters. The van der Waals surface area contributed by atoms with Gasteiger partial charge < -0.3 is 5.73 Å². The number of benzene rings is 1. The van der Waals surface area contributed by atoms with Crippen molar-refractivity contribution in [2.24, 2.45) is 10.7 Å². The van der Waals surface area contributed by atoms with Gasteiger partial charge in [-0.3, -0.25) is 9.78 Å². The molecule has 1 aliphatic rings. The van der Waals surface area contributed by atoms with Crippen molar-refractivity contribution in [3.63, 3.8) is 0 Å². The number of halogens is 3. The molecule has 3 rings (SSSR count). The molecule has 0 saturated heterocycles. The number of carbonyl (C=O) groups excluding carboxylic acids is 1. The molecule has 1 aromatic heterocycles. The summed E-state index contributed by atoms with van der Waals surface area (Å²) in [5, 5.41) is -0.0313.